The standard InChI is InChI=1S/C6H5ClN2O2/c7-4-2-1-3-8-5(4)9-6(10)11/h1-3H,(H,8,9)(H,10,11). The minimum absolute atomic E-state index is 0.154. The summed E-state index contributed by atoms with van der Waals surface area (Å²) in [5.41, 5.74) is 0. The van der Waals surface area contributed by atoms with Crippen molar-refractivity contribution in [2.45, 2.75) is 0 Å². The van der Waals surface area contributed by atoms with Crippen LogP contribution in [0.15, 0.2) is 18.3 Å². The average Bonchev–Trinajstić information content (AvgIpc) is 1.93. The summed E-state index contributed by atoms with van der Waals surface area (Å²) in [7, 11) is 0. The van der Waals surface area contributed by atoms with E-state index in [1.165, 1.54) is 6.20 Å². The average molecular weight is 173 g/mol. The van der Waals surface area contributed by atoms with Gasteiger partial charge < -0.3 is 5.11 Å². The third-order valence-corrected chi connectivity index (χ3v) is 1.29. The zero-order valence-electron chi connectivity index (χ0n) is 5.41. The molecule has 0 aliphatic rings. The van der Waals surface area contributed by atoms with Gasteiger partial charge in [0.15, 0.2) is 5.82 Å². The summed E-state index contributed by atoms with van der Waals surface area (Å²) < 4.78 is 0. The monoisotopic (exact) mass is 172 g/mol. The summed E-state index contributed by atoms with van der Waals surface area (Å²) in [5, 5.41) is 10.6. The molecular formula is C6H5ClN2O2. The van der Waals surface area contributed by atoms with Gasteiger partial charge in [0, 0.05) is 6.20 Å². The number of carbonyl (C=O) groups is 1. The van der Waals surface area contributed by atoms with Crippen LogP contribution in [0.25, 0.3) is 0 Å². The Bertz CT molecular complexity index is 277. The lowest BCUT2D eigenvalue weighted by Gasteiger charge is -1.99. The maximum Gasteiger partial charge on any atom is 0.410 e. The molecule has 58 valence electrons. The van der Waals surface area contributed by atoms with Gasteiger partial charge in [0.25, 0.3) is 0 Å². The molecule has 0 radical (unpaired) electrons. The molecule has 0 spiro atoms. The van der Waals surface area contributed by atoms with Crippen molar-refractivity contribution in [1.82, 2.24) is 4.98 Å². The van der Waals surface area contributed by atoms with Gasteiger partial charge >= 0.3 is 6.09 Å². The summed E-state index contributed by atoms with van der Waals surface area (Å²) in [6, 6.07) is 3.18. The Morgan fingerprint density at radius 1 is 1.73 bits per heavy atom. The molecule has 1 amide bonds. The van der Waals surface area contributed by atoms with Crippen LogP contribution >= 0.6 is 11.6 Å². The van der Waals surface area contributed by atoms with E-state index < -0.39 is 6.09 Å². The quantitative estimate of drug-likeness (QED) is 0.679. The lowest BCUT2D eigenvalue weighted by molar-refractivity contribution is 0.209. The first-order valence-corrected chi connectivity index (χ1v) is 3.18. The second-order valence-corrected chi connectivity index (χ2v) is 2.17. The Morgan fingerprint density at radius 2 is 2.45 bits per heavy atom. The fourth-order valence-electron chi connectivity index (χ4n) is 0.579. The van der Waals surface area contributed by atoms with Gasteiger partial charge in [0.1, 0.15) is 0 Å². The van der Waals surface area contributed by atoms with Gasteiger partial charge in [-0.1, -0.05) is 11.6 Å². The van der Waals surface area contributed by atoms with Crippen molar-refractivity contribution >= 4 is 23.5 Å². The zero-order chi connectivity index (χ0) is 8.27. The third-order valence-electron chi connectivity index (χ3n) is 0.984. The molecular weight excluding hydrogens is 168 g/mol. The van der Waals surface area contributed by atoms with E-state index in [2.05, 4.69) is 4.98 Å². The van der Waals surface area contributed by atoms with Crippen LogP contribution in [-0.2, 0) is 0 Å². The molecule has 4 nitrogen and oxygen atoms in total. The van der Waals surface area contributed by atoms with Crippen molar-refractivity contribution in [3.05, 3.63) is 23.4 Å². The molecule has 0 fully saturated rings. The van der Waals surface area contributed by atoms with E-state index in [4.69, 9.17) is 16.7 Å². The SMILES string of the molecule is O=C(O)Nc1ncccc1Cl. The molecule has 0 unspecified atom stereocenters. The summed E-state index contributed by atoms with van der Waals surface area (Å²) in [4.78, 5) is 13.8. The first-order chi connectivity index (χ1) is 5.20. The van der Waals surface area contributed by atoms with E-state index >= 15 is 0 Å². The van der Waals surface area contributed by atoms with Crippen LogP contribution in [0.5, 0.6) is 0 Å². The number of nitrogens with zero attached hydrogens (tertiary/aromatic N) is 1. The second kappa shape index (κ2) is 3.21. The lowest BCUT2D eigenvalue weighted by Crippen LogP contribution is -2.08. The molecule has 11 heavy (non-hydrogen) atoms. The number of hydrogen-bond donors (Lipinski definition) is 2. The Kier molecular flexibility index (Phi) is 2.28. The van der Waals surface area contributed by atoms with Crippen LogP contribution in [0.3, 0.4) is 0 Å². The van der Waals surface area contributed by atoms with E-state index in [1.807, 2.05) is 5.32 Å². The van der Waals surface area contributed by atoms with Gasteiger partial charge in [-0.05, 0) is 12.1 Å². The number of nitrogens with one attached hydrogen (secondary N) is 1. The summed E-state index contributed by atoms with van der Waals surface area (Å²) in [6.07, 6.45) is 0.280. The molecule has 0 saturated carbocycles. The molecule has 1 aromatic heterocycles. The highest BCUT2D eigenvalue weighted by atomic mass is 35.5. The van der Waals surface area contributed by atoms with Crippen LogP contribution in [0.1, 0.15) is 0 Å². The molecule has 0 aliphatic carbocycles. The fourth-order valence-corrected chi connectivity index (χ4v) is 0.748. The number of amides is 1. The molecule has 0 atom stereocenters. The third kappa shape index (κ3) is 2.09. The Labute approximate surface area is 67.8 Å². The van der Waals surface area contributed by atoms with Crippen molar-refractivity contribution in [2.24, 2.45) is 0 Å². The second-order valence-electron chi connectivity index (χ2n) is 1.76. The molecule has 0 aromatic carbocycles. The Morgan fingerprint density at radius 3 is 3.00 bits per heavy atom. The van der Waals surface area contributed by atoms with E-state index in [0.717, 1.165) is 0 Å². The predicted molar refractivity (Wildman–Crippen MR) is 40.9 cm³/mol. The van der Waals surface area contributed by atoms with Crippen molar-refractivity contribution in [3.63, 3.8) is 0 Å². The van der Waals surface area contributed by atoms with Crippen molar-refractivity contribution in [1.29, 1.82) is 0 Å². The number of pyridine rings is 1. The summed E-state index contributed by atoms with van der Waals surface area (Å²) in [6.45, 7) is 0. The zero-order valence-corrected chi connectivity index (χ0v) is 6.17. The molecule has 1 rings (SSSR count). The van der Waals surface area contributed by atoms with Gasteiger partial charge in [0.2, 0.25) is 0 Å². The molecule has 1 aromatic rings. The highest BCUT2D eigenvalue weighted by molar-refractivity contribution is 6.33. The fraction of sp³-hybridized carbons (Fsp3) is 0. The number of halogens is 1. The number of hydrogen-bond acceptors (Lipinski definition) is 2. The van der Waals surface area contributed by atoms with Gasteiger partial charge in [-0.25, -0.2) is 9.78 Å². The lowest BCUT2D eigenvalue weighted by atomic mass is 10.5. The predicted octanol–water partition coefficient (Wildman–Crippen LogP) is 1.82. The molecule has 2 N–H and O–H groups in total. The number of carboxylic acid groups (broad SMARTS) is 1. The first kappa shape index (κ1) is 7.81. The molecule has 0 saturated heterocycles. The Balaban J connectivity index is 2.86. The highest BCUT2D eigenvalue weighted by Crippen LogP contribution is 2.16. The Hall–Kier alpha value is -1.29. The minimum Gasteiger partial charge on any atom is -0.465 e. The van der Waals surface area contributed by atoms with Crippen LogP contribution in [0.4, 0.5) is 10.6 Å². The van der Waals surface area contributed by atoms with E-state index in [-0.39, 0.29) is 10.8 Å². The maximum absolute atomic E-state index is 10.1. The normalized spacial score (nSPS) is 9.18. The number of anilines is 1. The van der Waals surface area contributed by atoms with Crippen LogP contribution < -0.4 is 5.32 Å². The largest absolute Gasteiger partial charge is 0.465 e. The van der Waals surface area contributed by atoms with Crippen molar-refractivity contribution in [2.75, 3.05) is 5.32 Å². The highest BCUT2D eigenvalue weighted by Gasteiger charge is 2.02. The number of aromatic nitrogens is 1. The molecule has 0 bridgehead atoms. The minimum atomic E-state index is -1.18. The molecule has 1 heterocycles. The molecule has 5 heteroatoms. The smallest absolute Gasteiger partial charge is 0.410 e. The van der Waals surface area contributed by atoms with E-state index in [0.29, 0.717) is 0 Å². The van der Waals surface area contributed by atoms with Crippen LogP contribution in [0.2, 0.25) is 5.02 Å². The topological polar surface area (TPSA) is 62.2 Å². The van der Waals surface area contributed by atoms with Gasteiger partial charge in [-0.15, -0.1) is 0 Å². The van der Waals surface area contributed by atoms with Crippen molar-refractivity contribution in [3.8, 4) is 0 Å². The van der Waals surface area contributed by atoms with Crippen molar-refractivity contribution < 1.29 is 9.90 Å². The van der Waals surface area contributed by atoms with Gasteiger partial charge in [-0.3, -0.25) is 5.32 Å². The van der Waals surface area contributed by atoms with E-state index in [9.17, 15) is 4.79 Å². The van der Waals surface area contributed by atoms with Gasteiger partial charge in [-0.2, -0.15) is 0 Å². The molecule has 0 aliphatic heterocycles. The summed E-state index contributed by atoms with van der Waals surface area (Å²) in [5.74, 6) is 0.154. The van der Waals surface area contributed by atoms with Gasteiger partial charge in [0.05, 0.1) is 5.02 Å². The first-order valence-electron chi connectivity index (χ1n) is 2.80. The van der Waals surface area contributed by atoms with Crippen LogP contribution in [0, 0.1) is 0 Å². The summed E-state index contributed by atoms with van der Waals surface area (Å²) >= 11 is 5.58. The van der Waals surface area contributed by atoms with E-state index in [1.54, 1.807) is 12.1 Å². The maximum atomic E-state index is 10.1. The van der Waals surface area contributed by atoms with Crippen LogP contribution in [-0.4, -0.2) is 16.2 Å². The number of rotatable bonds is 1.